The summed E-state index contributed by atoms with van der Waals surface area (Å²) in [4.78, 5) is 13.9. The van der Waals surface area contributed by atoms with Gasteiger partial charge in [-0.25, -0.2) is 8.42 Å². The van der Waals surface area contributed by atoms with E-state index < -0.39 is 15.6 Å². The van der Waals surface area contributed by atoms with Crippen LogP contribution in [0.4, 0.5) is 5.69 Å². The van der Waals surface area contributed by atoms with E-state index >= 15 is 0 Å². The van der Waals surface area contributed by atoms with Gasteiger partial charge in [0.15, 0.2) is 9.84 Å². The average molecular weight is 311 g/mol. The summed E-state index contributed by atoms with van der Waals surface area (Å²) in [6.45, 7) is 9.91. The van der Waals surface area contributed by atoms with Crippen molar-refractivity contribution in [2.45, 2.75) is 34.6 Å². The summed E-state index contributed by atoms with van der Waals surface area (Å²) in [5, 5.41) is 0. The molecular weight excluding hydrogens is 286 g/mol. The van der Waals surface area contributed by atoms with E-state index in [0.29, 0.717) is 6.54 Å². The van der Waals surface area contributed by atoms with E-state index in [-0.39, 0.29) is 17.6 Å². The lowest BCUT2D eigenvalue weighted by atomic mass is 10.1. The molecule has 5 heteroatoms. The van der Waals surface area contributed by atoms with E-state index in [2.05, 4.69) is 0 Å². The van der Waals surface area contributed by atoms with Crippen molar-refractivity contribution in [3.8, 4) is 0 Å². The standard InChI is InChI=1S/C16H25NO3S/c1-6-17(15-8-13(4)7-14(5)9-15)16(18)11-21(19,20)10-12(2)3/h7-9,12H,6,10-11H2,1-5H3. The lowest BCUT2D eigenvalue weighted by Crippen LogP contribution is -2.36. The van der Waals surface area contributed by atoms with Crippen LogP contribution >= 0.6 is 0 Å². The zero-order chi connectivity index (χ0) is 16.2. The number of rotatable bonds is 6. The molecule has 0 saturated carbocycles. The molecule has 0 saturated heterocycles. The van der Waals surface area contributed by atoms with Gasteiger partial charge in [-0.05, 0) is 49.9 Å². The number of sulfone groups is 1. The smallest absolute Gasteiger partial charge is 0.242 e. The van der Waals surface area contributed by atoms with Crippen LogP contribution in [-0.4, -0.2) is 32.4 Å². The van der Waals surface area contributed by atoms with Crippen molar-refractivity contribution in [3.05, 3.63) is 29.3 Å². The second-order valence-corrected chi connectivity index (χ2v) is 8.04. The van der Waals surface area contributed by atoms with Crippen molar-refractivity contribution in [1.29, 1.82) is 0 Å². The predicted molar refractivity (Wildman–Crippen MR) is 87.4 cm³/mol. The van der Waals surface area contributed by atoms with Gasteiger partial charge >= 0.3 is 0 Å². The monoisotopic (exact) mass is 311 g/mol. The molecule has 4 nitrogen and oxygen atoms in total. The Balaban J connectivity index is 2.97. The number of amides is 1. The molecule has 1 rings (SSSR count). The van der Waals surface area contributed by atoms with Crippen LogP contribution in [0.2, 0.25) is 0 Å². The minimum absolute atomic E-state index is 0.0269. The maximum absolute atomic E-state index is 12.3. The first kappa shape index (κ1) is 17.7. The van der Waals surface area contributed by atoms with Gasteiger partial charge in [0.2, 0.25) is 5.91 Å². The van der Waals surface area contributed by atoms with Gasteiger partial charge in [0, 0.05) is 12.2 Å². The molecule has 1 aromatic carbocycles. The predicted octanol–water partition coefficient (Wildman–Crippen LogP) is 2.73. The Hall–Kier alpha value is -1.36. The summed E-state index contributed by atoms with van der Waals surface area (Å²) in [7, 11) is -3.35. The number of hydrogen-bond acceptors (Lipinski definition) is 3. The Labute approximate surface area is 128 Å². The van der Waals surface area contributed by atoms with Crippen molar-refractivity contribution < 1.29 is 13.2 Å². The first-order valence-corrected chi connectivity index (χ1v) is 9.06. The Morgan fingerprint density at radius 2 is 1.67 bits per heavy atom. The van der Waals surface area contributed by atoms with E-state index in [9.17, 15) is 13.2 Å². The summed E-state index contributed by atoms with van der Waals surface area (Å²) in [5.74, 6) is -0.711. The molecule has 1 aromatic rings. The van der Waals surface area contributed by atoms with Crippen molar-refractivity contribution >= 4 is 21.4 Å². The van der Waals surface area contributed by atoms with Gasteiger partial charge in [-0.2, -0.15) is 0 Å². The van der Waals surface area contributed by atoms with Gasteiger partial charge in [0.25, 0.3) is 0 Å². The lowest BCUT2D eigenvalue weighted by molar-refractivity contribution is -0.116. The van der Waals surface area contributed by atoms with Crippen LogP contribution in [0.1, 0.15) is 31.9 Å². The Kier molecular flexibility index (Phi) is 5.96. The third-order valence-corrected chi connectivity index (χ3v) is 4.93. The Bertz CT molecular complexity index is 586. The molecule has 0 unspecified atom stereocenters. The average Bonchev–Trinajstić information content (AvgIpc) is 2.25. The number of carbonyl (C=O) groups excluding carboxylic acids is 1. The van der Waals surface area contributed by atoms with Gasteiger partial charge in [-0.15, -0.1) is 0 Å². The highest BCUT2D eigenvalue weighted by Crippen LogP contribution is 2.19. The lowest BCUT2D eigenvalue weighted by Gasteiger charge is -2.22. The molecule has 0 N–H and O–H groups in total. The Morgan fingerprint density at radius 1 is 1.14 bits per heavy atom. The van der Waals surface area contributed by atoms with Crippen LogP contribution in [0.3, 0.4) is 0 Å². The highest BCUT2D eigenvalue weighted by atomic mass is 32.2. The van der Waals surface area contributed by atoms with Crippen LogP contribution in [0, 0.1) is 19.8 Å². The molecule has 0 aliphatic heterocycles. The normalized spacial score (nSPS) is 11.7. The van der Waals surface area contributed by atoms with E-state index in [4.69, 9.17) is 0 Å². The SMILES string of the molecule is CCN(C(=O)CS(=O)(=O)CC(C)C)c1cc(C)cc(C)c1. The van der Waals surface area contributed by atoms with Gasteiger partial charge in [-0.3, -0.25) is 4.79 Å². The van der Waals surface area contributed by atoms with Crippen molar-refractivity contribution in [1.82, 2.24) is 0 Å². The van der Waals surface area contributed by atoms with Crippen molar-refractivity contribution in [2.75, 3.05) is 23.0 Å². The number of hydrogen-bond donors (Lipinski definition) is 0. The van der Waals surface area contributed by atoms with Gasteiger partial charge in [0.05, 0.1) is 5.75 Å². The van der Waals surface area contributed by atoms with Crippen LogP contribution in [0.25, 0.3) is 0 Å². The summed E-state index contributed by atoms with van der Waals surface area (Å²) in [6.07, 6.45) is 0. The van der Waals surface area contributed by atoms with Gasteiger partial charge in [-0.1, -0.05) is 19.9 Å². The quantitative estimate of drug-likeness (QED) is 0.811. The maximum atomic E-state index is 12.3. The van der Waals surface area contributed by atoms with Crippen LogP contribution in [-0.2, 0) is 14.6 Å². The number of carbonyl (C=O) groups is 1. The molecule has 21 heavy (non-hydrogen) atoms. The fourth-order valence-corrected chi connectivity index (χ4v) is 4.11. The number of aryl methyl sites for hydroxylation is 2. The summed E-state index contributed by atoms with van der Waals surface area (Å²) < 4.78 is 24.0. The second kappa shape index (κ2) is 7.07. The third kappa shape index (κ3) is 5.50. The van der Waals surface area contributed by atoms with E-state index in [1.807, 2.05) is 52.8 Å². The molecular formula is C16H25NO3S. The number of benzene rings is 1. The summed E-state index contributed by atoms with van der Waals surface area (Å²) >= 11 is 0. The van der Waals surface area contributed by atoms with E-state index in [1.165, 1.54) is 4.90 Å². The molecule has 118 valence electrons. The van der Waals surface area contributed by atoms with Crippen molar-refractivity contribution in [2.24, 2.45) is 5.92 Å². The molecule has 0 heterocycles. The molecule has 0 aromatic heterocycles. The minimum atomic E-state index is -3.35. The van der Waals surface area contributed by atoms with Crippen LogP contribution < -0.4 is 4.90 Å². The number of nitrogens with zero attached hydrogens (tertiary/aromatic N) is 1. The second-order valence-electron chi connectivity index (χ2n) is 5.93. The number of anilines is 1. The van der Waals surface area contributed by atoms with E-state index in [0.717, 1.165) is 16.8 Å². The molecule has 0 radical (unpaired) electrons. The molecule has 1 amide bonds. The molecule has 0 spiro atoms. The molecule has 0 aliphatic carbocycles. The molecule has 0 bridgehead atoms. The van der Waals surface area contributed by atoms with Gasteiger partial charge < -0.3 is 4.90 Å². The molecule has 0 fully saturated rings. The summed E-state index contributed by atoms with van der Waals surface area (Å²) in [5.41, 5.74) is 2.88. The maximum Gasteiger partial charge on any atom is 0.242 e. The van der Waals surface area contributed by atoms with Crippen LogP contribution in [0.15, 0.2) is 18.2 Å². The van der Waals surface area contributed by atoms with Gasteiger partial charge in [0.1, 0.15) is 5.75 Å². The molecule has 0 atom stereocenters. The largest absolute Gasteiger partial charge is 0.312 e. The van der Waals surface area contributed by atoms with E-state index in [1.54, 1.807) is 0 Å². The topological polar surface area (TPSA) is 54.5 Å². The Morgan fingerprint density at radius 3 is 2.10 bits per heavy atom. The molecule has 0 aliphatic rings. The van der Waals surface area contributed by atoms with Crippen molar-refractivity contribution in [3.63, 3.8) is 0 Å². The summed E-state index contributed by atoms with van der Waals surface area (Å²) in [6, 6.07) is 5.84. The van der Waals surface area contributed by atoms with Crippen LogP contribution in [0.5, 0.6) is 0 Å². The first-order valence-electron chi connectivity index (χ1n) is 7.23. The third-order valence-electron chi connectivity index (χ3n) is 3.07. The zero-order valence-electron chi connectivity index (χ0n) is 13.5. The first-order chi connectivity index (χ1) is 9.64. The fourth-order valence-electron chi connectivity index (χ4n) is 2.44. The fraction of sp³-hybridized carbons (Fsp3) is 0.562. The highest BCUT2D eigenvalue weighted by Gasteiger charge is 2.23. The zero-order valence-corrected chi connectivity index (χ0v) is 14.3. The highest BCUT2D eigenvalue weighted by molar-refractivity contribution is 7.92. The minimum Gasteiger partial charge on any atom is -0.312 e.